The van der Waals surface area contributed by atoms with Crippen molar-refractivity contribution in [1.29, 1.82) is 0 Å². The van der Waals surface area contributed by atoms with Crippen molar-refractivity contribution in [3.8, 4) is 0 Å². The molecular formula is C30H39NO4. The van der Waals surface area contributed by atoms with E-state index in [0.29, 0.717) is 38.6 Å². The summed E-state index contributed by atoms with van der Waals surface area (Å²) in [7, 11) is 0. The second-order valence-corrected chi connectivity index (χ2v) is 10.5. The lowest BCUT2D eigenvalue weighted by Gasteiger charge is -2.51. The average molecular weight is 478 g/mol. The van der Waals surface area contributed by atoms with E-state index >= 15 is 0 Å². The standard InChI is InChI=1S/C30H39NO4/c1-5-29(3,4)26(32)27(33)31-21-13-19-25(22(2)24-17-10-7-11-18-24)30(31,28(34)35)20-12-16-23-14-8-6-9-15-23/h6-11,14-15,17-18,22,25H,5,12-13,16,19-21H2,1-4H3,(H,34,35). The molecule has 188 valence electrons. The maximum absolute atomic E-state index is 13.7. The first-order valence-corrected chi connectivity index (χ1v) is 12.8. The number of nitrogens with zero attached hydrogens (tertiary/aromatic N) is 1. The van der Waals surface area contributed by atoms with Crippen LogP contribution in [0, 0.1) is 11.3 Å². The second kappa shape index (κ2) is 11.2. The van der Waals surface area contributed by atoms with Gasteiger partial charge in [0, 0.05) is 12.0 Å². The Labute approximate surface area is 209 Å². The monoisotopic (exact) mass is 477 g/mol. The fourth-order valence-corrected chi connectivity index (χ4v) is 5.52. The van der Waals surface area contributed by atoms with Gasteiger partial charge >= 0.3 is 5.97 Å². The number of carbonyl (C=O) groups is 3. The zero-order valence-corrected chi connectivity index (χ0v) is 21.5. The molecule has 0 radical (unpaired) electrons. The van der Waals surface area contributed by atoms with Gasteiger partial charge in [-0.25, -0.2) is 4.79 Å². The second-order valence-electron chi connectivity index (χ2n) is 10.5. The molecule has 1 saturated heterocycles. The molecule has 5 nitrogen and oxygen atoms in total. The maximum atomic E-state index is 13.7. The highest BCUT2D eigenvalue weighted by molar-refractivity contribution is 6.38. The van der Waals surface area contributed by atoms with Crippen molar-refractivity contribution in [2.45, 2.75) is 77.7 Å². The van der Waals surface area contributed by atoms with Crippen LogP contribution in [-0.2, 0) is 20.8 Å². The first kappa shape index (κ1) is 26.7. The summed E-state index contributed by atoms with van der Waals surface area (Å²) in [5.74, 6) is -2.53. The number of rotatable bonds is 10. The highest BCUT2D eigenvalue weighted by Gasteiger charge is 2.57. The summed E-state index contributed by atoms with van der Waals surface area (Å²) in [6.45, 7) is 7.75. The van der Waals surface area contributed by atoms with Gasteiger partial charge in [0.15, 0.2) is 0 Å². The van der Waals surface area contributed by atoms with E-state index in [1.807, 2.05) is 67.6 Å². The quantitative estimate of drug-likeness (QED) is 0.434. The van der Waals surface area contributed by atoms with Crippen LogP contribution < -0.4 is 0 Å². The number of carboxylic acids is 1. The molecule has 0 spiro atoms. The molecule has 2 aromatic rings. The van der Waals surface area contributed by atoms with Crippen molar-refractivity contribution in [2.24, 2.45) is 11.3 Å². The Morgan fingerprint density at radius 3 is 2.23 bits per heavy atom. The minimum Gasteiger partial charge on any atom is -0.479 e. The van der Waals surface area contributed by atoms with Crippen molar-refractivity contribution in [3.63, 3.8) is 0 Å². The topological polar surface area (TPSA) is 74.7 Å². The molecule has 1 heterocycles. The number of amides is 1. The van der Waals surface area contributed by atoms with Crippen molar-refractivity contribution < 1.29 is 19.5 Å². The van der Waals surface area contributed by atoms with Crippen LogP contribution in [-0.4, -0.2) is 39.7 Å². The Hall–Kier alpha value is -2.95. The van der Waals surface area contributed by atoms with Gasteiger partial charge in [-0.2, -0.15) is 0 Å². The summed E-state index contributed by atoms with van der Waals surface area (Å²) in [5, 5.41) is 10.8. The van der Waals surface area contributed by atoms with Crippen LogP contribution >= 0.6 is 0 Å². The number of Topliss-reactive ketones (excluding diaryl/α,β-unsaturated/α-hetero) is 1. The Bertz CT molecular complexity index is 1020. The molecule has 35 heavy (non-hydrogen) atoms. The summed E-state index contributed by atoms with van der Waals surface area (Å²) < 4.78 is 0. The smallest absolute Gasteiger partial charge is 0.329 e. The van der Waals surface area contributed by atoms with E-state index in [4.69, 9.17) is 0 Å². The van der Waals surface area contributed by atoms with Crippen LogP contribution in [0.2, 0.25) is 0 Å². The molecule has 3 unspecified atom stereocenters. The van der Waals surface area contributed by atoms with E-state index in [2.05, 4.69) is 6.92 Å². The van der Waals surface area contributed by atoms with E-state index in [9.17, 15) is 19.5 Å². The van der Waals surface area contributed by atoms with Gasteiger partial charge in [-0.05, 0) is 61.5 Å². The summed E-state index contributed by atoms with van der Waals surface area (Å²) in [4.78, 5) is 41.6. The molecule has 0 bridgehead atoms. The van der Waals surface area contributed by atoms with Gasteiger partial charge in [-0.15, -0.1) is 0 Å². The van der Waals surface area contributed by atoms with Crippen LogP contribution in [0.15, 0.2) is 60.7 Å². The van der Waals surface area contributed by atoms with Crippen molar-refractivity contribution in [1.82, 2.24) is 4.90 Å². The van der Waals surface area contributed by atoms with Gasteiger partial charge in [0.25, 0.3) is 5.91 Å². The summed E-state index contributed by atoms with van der Waals surface area (Å²) >= 11 is 0. The summed E-state index contributed by atoms with van der Waals surface area (Å²) in [6.07, 6.45) is 3.54. The van der Waals surface area contributed by atoms with Crippen LogP contribution in [0.4, 0.5) is 0 Å². The molecular weight excluding hydrogens is 438 g/mol. The lowest BCUT2D eigenvalue weighted by atomic mass is 9.65. The number of ketones is 1. The van der Waals surface area contributed by atoms with Crippen LogP contribution in [0.25, 0.3) is 0 Å². The third-order valence-corrected chi connectivity index (χ3v) is 8.10. The maximum Gasteiger partial charge on any atom is 0.329 e. The van der Waals surface area contributed by atoms with Crippen LogP contribution in [0.3, 0.4) is 0 Å². The molecule has 5 heteroatoms. The lowest BCUT2D eigenvalue weighted by Crippen LogP contribution is -2.66. The van der Waals surface area contributed by atoms with Crippen LogP contribution in [0.1, 0.15) is 76.8 Å². The molecule has 1 amide bonds. The first-order valence-electron chi connectivity index (χ1n) is 12.8. The molecule has 1 aliphatic rings. The molecule has 3 rings (SSSR count). The van der Waals surface area contributed by atoms with E-state index in [1.54, 1.807) is 13.8 Å². The Balaban J connectivity index is 2.03. The molecule has 0 aliphatic carbocycles. The molecule has 0 saturated carbocycles. The predicted molar refractivity (Wildman–Crippen MR) is 138 cm³/mol. The highest BCUT2D eigenvalue weighted by atomic mass is 16.4. The number of hydrogen-bond acceptors (Lipinski definition) is 3. The predicted octanol–water partition coefficient (Wildman–Crippen LogP) is 5.88. The number of aryl methyl sites for hydroxylation is 1. The van der Waals surface area contributed by atoms with Gasteiger partial charge in [-0.1, -0.05) is 88.4 Å². The fraction of sp³-hybridized carbons (Fsp3) is 0.500. The van der Waals surface area contributed by atoms with Gasteiger partial charge < -0.3 is 10.0 Å². The van der Waals surface area contributed by atoms with E-state index in [0.717, 1.165) is 17.5 Å². The zero-order valence-electron chi connectivity index (χ0n) is 21.5. The fourth-order valence-electron chi connectivity index (χ4n) is 5.52. The summed E-state index contributed by atoms with van der Waals surface area (Å²) in [6, 6.07) is 19.9. The van der Waals surface area contributed by atoms with E-state index < -0.39 is 28.6 Å². The third kappa shape index (κ3) is 5.50. The lowest BCUT2D eigenvalue weighted by molar-refractivity contribution is -0.173. The molecule has 0 aromatic heterocycles. The van der Waals surface area contributed by atoms with Crippen molar-refractivity contribution in [2.75, 3.05) is 6.54 Å². The van der Waals surface area contributed by atoms with Crippen LogP contribution in [0.5, 0.6) is 0 Å². The molecule has 3 atom stereocenters. The van der Waals surface area contributed by atoms with E-state index in [-0.39, 0.29) is 11.8 Å². The Morgan fingerprint density at radius 1 is 1.06 bits per heavy atom. The van der Waals surface area contributed by atoms with Crippen molar-refractivity contribution >= 4 is 17.7 Å². The Morgan fingerprint density at radius 2 is 1.66 bits per heavy atom. The van der Waals surface area contributed by atoms with Gasteiger partial charge in [0.2, 0.25) is 5.78 Å². The number of hydrogen-bond donors (Lipinski definition) is 1. The highest BCUT2D eigenvalue weighted by Crippen LogP contribution is 2.46. The molecule has 1 fully saturated rings. The molecule has 2 aromatic carbocycles. The van der Waals surface area contributed by atoms with Gasteiger partial charge in [0.1, 0.15) is 5.54 Å². The SMILES string of the molecule is CCC(C)(C)C(=O)C(=O)N1CCCC(C(C)c2ccccc2)C1(CCCc1ccccc1)C(=O)O. The average Bonchev–Trinajstić information content (AvgIpc) is 2.88. The Kier molecular flexibility index (Phi) is 8.52. The number of carbonyl (C=O) groups excluding carboxylic acids is 2. The zero-order chi connectivity index (χ0) is 25.6. The van der Waals surface area contributed by atoms with E-state index in [1.165, 1.54) is 4.90 Å². The van der Waals surface area contributed by atoms with Crippen molar-refractivity contribution in [3.05, 3.63) is 71.8 Å². The molecule has 1 aliphatic heterocycles. The number of aliphatic carboxylic acids is 1. The number of likely N-dealkylation sites (tertiary alicyclic amines) is 1. The van der Waals surface area contributed by atoms with Gasteiger partial charge in [-0.3, -0.25) is 9.59 Å². The number of carboxylic acid groups (broad SMARTS) is 1. The number of benzene rings is 2. The third-order valence-electron chi connectivity index (χ3n) is 8.10. The minimum atomic E-state index is -1.43. The first-order chi connectivity index (χ1) is 16.6. The largest absolute Gasteiger partial charge is 0.479 e. The normalized spacial score (nSPS) is 21.4. The van der Waals surface area contributed by atoms with Gasteiger partial charge in [0.05, 0.1) is 0 Å². The molecule has 1 N–H and O–H groups in total. The minimum absolute atomic E-state index is 0.0751. The number of piperidine rings is 1. The summed E-state index contributed by atoms with van der Waals surface area (Å²) in [5.41, 5.74) is -0.0689.